The van der Waals surface area contributed by atoms with Crippen molar-refractivity contribution < 1.29 is 4.79 Å². The zero-order valence-electron chi connectivity index (χ0n) is 9.99. The van der Waals surface area contributed by atoms with Crippen molar-refractivity contribution >= 4 is 44.8 Å². The summed E-state index contributed by atoms with van der Waals surface area (Å²) in [7, 11) is 0. The fourth-order valence-corrected chi connectivity index (χ4v) is 2.21. The number of nitrogens with one attached hydrogen (secondary N) is 1. The van der Waals surface area contributed by atoms with Gasteiger partial charge in [-0.1, -0.05) is 29.8 Å². The Kier molecular flexibility index (Phi) is 4.45. The SMILES string of the molecule is Nc1ccc(NC(=O)Cc2ccccc2Cl)cc1Br. The molecule has 0 aliphatic rings. The van der Waals surface area contributed by atoms with E-state index in [0.29, 0.717) is 16.4 Å². The van der Waals surface area contributed by atoms with Crippen LogP contribution in [0.1, 0.15) is 5.56 Å². The van der Waals surface area contributed by atoms with E-state index in [-0.39, 0.29) is 12.3 Å². The lowest BCUT2D eigenvalue weighted by Crippen LogP contribution is -2.14. The van der Waals surface area contributed by atoms with Gasteiger partial charge in [0.1, 0.15) is 0 Å². The summed E-state index contributed by atoms with van der Waals surface area (Å²) < 4.78 is 0.753. The van der Waals surface area contributed by atoms with Gasteiger partial charge in [0.15, 0.2) is 0 Å². The van der Waals surface area contributed by atoms with Crippen molar-refractivity contribution in [1.82, 2.24) is 0 Å². The molecule has 0 bridgehead atoms. The molecule has 2 aromatic rings. The fraction of sp³-hybridized carbons (Fsp3) is 0.0714. The molecule has 0 unspecified atom stereocenters. The van der Waals surface area contributed by atoms with Crippen LogP contribution in [-0.2, 0) is 11.2 Å². The molecule has 1 amide bonds. The molecule has 0 aliphatic carbocycles. The summed E-state index contributed by atoms with van der Waals surface area (Å²) in [5, 5.41) is 3.40. The zero-order chi connectivity index (χ0) is 13.8. The topological polar surface area (TPSA) is 55.1 Å². The maximum absolute atomic E-state index is 11.9. The van der Waals surface area contributed by atoms with Crippen LogP contribution in [0.3, 0.4) is 0 Å². The number of carbonyl (C=O) groups excluding carboxylic acids is 1. The van der Waals surface area contributed by atoms with Crippen LogP contribution in [0.5, 0.6) is 0 Å². The second-order valence-electron chi connectivity index (χ2n) is 4.05. The van der Waals surface area contributed by atoms with E-state index in [0.717, 1.165) is 10.0 Å². The highest BCUT2D eigenvalue weighted by molar-refractivity contribution is 9.10. The van der Waals surface area contributed by atoms with Crippen molar-refractivity contribution in [3.8, 4) is 0 Å². The molecule has 0 heterocycles. The first-order valence-corrected chi connectivity index (χ1v) is 6.81. The quantitative estimate of drug-likeness (QED) is 0.834. The Hall–Kier alpha value is -1.52. The monoisotopic (exact) mass is 338 g/mol. The summed E-state index contributed by atoms with van der Waals surface area (Å²) in [6, 6.07) is 12.5. The predicted octanol–water partition coefficient (Wildman–Crippen LogP) is 3.87. The highest BCUT2D eigenvalue weighted by Gasteiger charge is 2.07. The summed E-state index contributed by atoms with van der Waals surface area (Å²) in [5.74, 6) is -0.121. The number of benzene rings is 2. The molecule has 19 heavy (non-hydrogen) atoms. The second kappa shape index (κ2) is 6.08. The lowest BCUT2D eigenvalue weighted by molar-refractivity contribution is -0.115. The van der Waals surface area contributed by atoms with Crippen LogP contribution in [0.2, 0.25) is 5.02 Å². The minimum atomic E-state index is -0.121. The van der Waals surface area contributed by atoms with E-state index in [9.17, 15) is 4.79 Å². The Labute approximate surface area is 124 Å². The van der Waals surface area contributed by atoms with E-state index >= 15 is 0 Å². The minimum absolute atomic E-state index is 0.121. The van der Waals surface area contributed by atoms with E-state index in [1.165, 1.54) is 0 Å². The fourth-order valence-electron chi connectivity index (χ4n) is 1.62. The predicted molar refractivity (Wildman–Crippen MR) is 82.3 cm³/mol. The van der Waals surface area contributed by atoms with Gasteiger partial charge in [-0.15, -0.1) is 0 Å². The summed E-state index contributed by atoms with van der Waals surface area (Å²) in [5.41, 5.74) is 7.81. The zero-order valence-corrected chi connectivity index (χ0v) is 12.3. The van der Waals surface area contributed by atoms with Crippen LogP contribution in [0.15, 0.2) is 46.9 Å². The first-order valence-electron chi connectivity index (χ1n) is 5.64. The van der Waals surface area contributed by atoms with Gasteiger partial charge >= 0.3 is 0 Å². The number of halogens is 2. The average molecular weight is 340 g/mol. The molecule has 0 fully saturated rings. The third kappa shape index (κ3) is 3.72. The highest BCUT2D eigenvalue weighted by atomic mass is 79.9. The van der Waals surface area contributed by atoms with Crippen LogP contribution in [0, 0.1) is 0 Å². The van der Waals surface area contributed by atoms with Crippen LogP contribution < -0.4 is 11.1 Å². The molecule has 0 saturated heterocycles. The molecule has 0 saturated carbocycles. The standard InChI is InChI=1S/C14H12BrClN2O/c15-11-8-10(5-6-13(11)17)18-14(19)7-9-3-1-2-4-12(9)16/h1-6,8H,7,17H2,(H,18,19). The van der Waals surface area contributed by atoms with E-state index in [1.807, 2.05) is 18.2 Å². The van der Waals surface area contributed by atoms with Gasteiger partial charge < -0.3 is 11.1 Å². The smallest absolute Gasteiger partial charge is 0.228 e. The number of hydrogen-bond acceptors (Lipinski definition) is 2. The van der Waals surface area contributed by atoms with Gasteiger partial charge in [0.2, 0.25) is 5.91 Å². The third-order valence-corrected chi connectivity index (χ3v) is 3.65. The van der Waals surface area contributed by atoms with Gasteiger partial charge in [0, 0.05) is 20.9 Å². The van der Waals surface area contributed by atoms with Gasteiger partial charge in [0.05, 0.1) is 6.42 Å². The van der Waals surface area contributed by atoms with Gasteiger partial charge in [-0.25, -0.2) is 0 Å². The molecule has 5 heteroatoms. The normalized spacial score (nSPS) is 10.2. The number of hydrogen-bond donors (Lipinski definition) is 2. The highest BCUT2D eigenvalue weighted by Crippen LogP contribution is 2.23. The number of anilines is 2. The van der Waals surface area contributed by atoms with Crippen molar-refractivity contribution in [2.24, 2.45) is 0 Å². The Morgan fingerprint density at radius 3 is 2.68 bits per heavy atom. The van der Waals surface area contributed by atoms with Gasteiger partial charge in [0.25, 0.3) is 0 Å². The molecule has 0 radical (unpaired) electrons. The van der Waals surface area contributed by atoms with Crippen LogP contribution in [-0.4, -0.2) is 5.91 Å². The van der Waals surface area contributed by atoms with E-state index in [2.05, 4.69) is 21.2 Å². The molecule has 0 atom stereocenters. The maximum Gasteiger partial charge on any atom is 0.228 e. The maximum atomic E-state index is 11.9. The minimum Gasteiger partial charge on any atom is -0.398 e. The number of carbonyl (C=O) groups is 1. The summed E-state index contributed by atoms with van der Waals surface area (Å²) in [6.07, 6.45) is 0.238. The molecular weight excluding hydrogens is 328 g/mol. The second-order valence-corrected chi connectivity index (χ2v) is 5.31. The first kappa shape index (κ1) is 13.9. The van der Waals surface area contributed by atoms with Crippen molar-refractivity contribution in [3.05, 3.63) is 57.5 Å². The number of rotatable bonds is 3. The summed E-state index contributed by atoms with van der Waals surface area (Å²) in [6.45, 7) is 0. The number of nitrogens with two attached hydrogens (primary N) is 1. The molecule has 0 aromatic heterocycles. The van der Waals surface area contributed by atoms with Gasteiger partial charge in [-0.05, 0) is 45.8 Å². The van der Waals surface area contributed by atoms with Crippen LogP contribution >= 0.6 is 27.5 Å². The Morgan fingerprint density at radius 1 is 1.26 bits per heavy atom. The summed E-state index contributed by atoms with van der Waals surface area (Å²) in [4.78, 5) is 11.9. The molecule has 2 rings (SSSR count). The third-order valence-electron chi connectivity index (χ3n) is 2.59. The van der Waals surface area contributed by atoms with Crippen molar-refractivity contribution in [3.63, 3.8) is 0 Å². The molecule has 2 aromatic carbocycles. The lowest BCUT2D eigenvalue weighted by Gasteiger charge is -2.08. The van der Waals surface area contributed by atoms with Gasteiger partial charge in [-0.2, -0.15) is 0 Å². The average Bonchev–Trinajstić information content (AvgIpc) is 2.37. The summed E-state index contributed by atoms with van der Waals surface area (Å²) >= 11 is 9.33. The molecular formula is C14H12BrClN2O. The molecule has 0 spiro atoms. The van der Waals surface area contributed by atoms with Gasteiger partial charge in [-0.3, -0.25) is 4.79 Å². The molecule has 3 N–H and O–H groups in total. The first-order chi connectivity index (χ1) is 9.06. The van der Waals surface area contributed by atoms with E-state index < -0.39 is 0 Å². The molecule has 3 nitrogen and oxygen atoms in total. The number of amides is 1. The molecule has 0 aliphatic heterocycles. The van der Waals surface area contributed by atoms with E-state index in [1.54, 1.807) is 24.3 Å². The van der Waals surface area contributed by atoms with Crippen molar-refractivity contribution in [2.75, 3.05) is 11.1 Å². The largest absolute Gasteiger partial charge is 0.398 e. The Balaban J connectivity index is 2.05. The van der Waals surface area contributed by atoms with Crippen LogP contribution in [0.25, 0.3) is 0 Å². The lowest BCUT2D eigenvalue weighted by atomic mass is 10.1. The Bertz CT molecular complexity index is 616. The number of nitrogen functional groups attached to an aromatic ring is 1. The van der Waals surface area contributed by atoms with Crippen molar-refractivity contribution in [2.45, 2.75) is 6.42 Å². The van der Waals surface area contributed by atoms with Crippen molar-refractivity contribution in [1.29, 1.82) is 0 Å². The van der Waals surface area contributed by atoms with E-state index in [4.69, 9.17) is 17.3 Å². The van der Waals surface area contributed by atoms with Crippen LogP contribution in [0.4, 0.5) is 11.4 Å². The Morgan fingerprint density at radius 2 is 2.00 bits per heavy atom. The molecule has 98 valence electrons.